The van der Waals surface area contributed by atoms with Crippen LogP contribution in [0.15, 0.2) is 102 Å². The molecule has 0 fully saturated rings. The molecule has 0 bridgehead atoms. The molecule has 4 aromatic carbocycles. The smallest absolute Gasteiger partial charge is 0.349 e. The average molecular weight is 514 g/mol. The Bertz CT molecular complexity index is 1670. The van der Waals surface area contributed by atoms with Gasteiger partial charge in [0.2, 0.25) is 5.78 Å². The van der Waals surface area contributed by atoms with E-state index in [1.165, 1.54) is 19.2 Å². The number of fused-ring (bicyclic) bond motifs is 2. The first kappa shape index (κ1) is 24.3. The first-order valence-corrected chi connectivity index (χ1v) is 13.0. The summed E-state index contributed by atoms with van der Waals surface area (Å²) in [5, 5.41) is 1.79. The van der Waals surface area contributed by atoms with Gasteiger partial charge in [-0.3, -0.25) is 9.10 Å². The molecule has 37 heavy (non-hydrogen) atoms. The van der Waals surface area contributed by atoms with Gasteiger partial charge in [0.1, 0.15) is 11.4 Å². The number of rotatable bonds is 6. The molecule has 7 nitrogen and oxygen atoms in total. The maximum Gasteiger partial charge on any atom is 0.349 e. The molecule has 0 N–H and O–H groups in total. The highest BCUT2D eigenvalue weighted by atomic mass is 32.2. The molecule has 186 valence electrons. The van der Waals surface area contributed by atoms with Gasteiger partial charge < -0.3 is 9.47 Å². The van der Waals surface area contributed by atoms with Gasteiger partial charge in [-0.25, -0.2) is 13.2 Å². The summed E-state index contributed by atoms with van der Waals surface area (Å²) in [4.78, 5) is 26.5. The molecule has 0 saturated carbocycles. The van der Waals surface area contributed by atoms with Crippen molar-refractivity contribution >= 4 is 38.3 Å². The van der Waals surface area contributed by atoms with E-state index >= 15 is 0 Å². The highest BCUT2D eigenvalue weighted by molar-refractivity contribution is 7.89. The number of esters is 1. The third kappa shape index (κ3) is 4.47. The summed E-state index contributed by atoms with van der Waals surface area (Å²) < 4.78 is 38.8. The molecule has 1 heterocycles. The Morgan fingerprint density at radius 1 is 0.838 bits per heavy atom. The summed E-state index contributed by atoms with van der Waals surface area (Å²) >= 11 is 0. The maximum atomic E-state index is 13.6. The Kier molecular flexibility index (Phi) is 6.27. The summed E-state index contributed by atoms with van der Waals surface area (Å²) in [5.41, 5.74) is 1.09. The monoisotopic (exact) mass is 513 g/mol. The Morgan fingerprint density at radius 2 is 1.51 bits per heavy atom. The van der Waals surface area contributed by atoms with Crippen LogP contribution in [0.5, 0.6) is 5.75 Å². The Balaban J connectivity index is 1.52. The Labute approximate surface area is 214 Å². The molecule has 1 aliphatic heterocycles. The zero-order chi connectivity index (χ0) is 26.2. The normalized spacial score (nSPS) is 14.3. The minimum atomic E-state index is -4.05. The molecule has 0 spiro atoms. The van der Waals surface area contributed by atoms with Gasteiger partial charge in [0, 0.05) is 23.6 Å². The van der Waals surface area contributed by atoms with Crippen molar-refractivity contribution in [3.05, 3.63) is 113 Å². The van der Waals surface area contributed by atoms with Crippen molar-refractivity contribution in [2.24, 2.45) is 0 Å². The second kappa shape index (κ2) is 9.55. The van der Waals surface area contributed by atoms with E-state index in [9.17, 15) is 18.0 Å². The van der Waals surface area contributed by atoms with Crippen molar-refractivity contribution < 1.29 is 27.5 Å². The molecule has 0 unspecified atom stereocenters. The summed E-state index contributed by atoms with van der Waals surface area (Å²) in [7, 11) is -2.78. The number of allylic oxidation sites excluding steroid dienone is 1. The number of Topliss-reactive ketones (excluding diaryl/α,β-unsaturated/α-hetero) is 1. The summed E-state index contributed by atoms with van der Waals surface area (Å²) in [6.07, 6.45) is 0. The number of hydrogen-bond acceptors (Lipinski definition) is 6. The van der Waals surface area contributed by atoms with Gasteiger partial charge in [-0.2, -0.15) is 0 Å². The molecule has 0 radical (unpaired) electrons. The van der Waals surface area contributed by atoms with Crippen LogP contribution >= 0.6 is 0 Å². The first-order chi connectivity index (χ1) is 17.8. The number of nitrogens with zero attached hydrogens (tertiary/aromatic N) is 1. The van der Waals surface area contributed by atoms with E-state index in [4.69, 9.17) is 9.47 Å². The molecule has 5 rings (SSSR count). The van der Waals surface area contributed by atoms with Crippen LogP contribution in [0.4, 0.5) is 0 Å². The summed E-state index contributed by atoms with van der Waals surface area (Å²) in [6.45, 7) is 1.44. The second-order valence-corrected chi connectivity index (χ2v) is 10.5. The topological polar surface area (TPSA) is 90.0 Å². The number of likely N-dealkylation sites (N-methyl/N-ethyl adjacent to an activating group) is 1. The largest absolute Gasteiger partial charge is 0.481 e. The first-order valence-electron chi connectivity index (χ1n) is 11.5. The van der Waals surface area contributed by atoms with Gasteiger partial charge in [-0.1, -0.05) is 78.4 Å². The van der Waals surface area contributed by atoms with Gasteiger partial charge in [-0.05, 0) is 30.5 Å². The average Bonchev–Trinajstić information content (AvgIpc) is 2.91. The SMILES string of the molecule is Cc1ccc(C(=O)C2=C(OC(=O)COc3cccc4ccccc34)c3ccccc3S(=O)(=O)N2C)cc1. The predicted octanol–water partition coefficient (Wildman–Crippen LogP) is 4.96. The highest BCUT2D eigenvalue weighted by Crippen LogP contribution is 2.38. The van der Waals surface area contributed by atoms with E-state index in [1.54, 1.807) is 42.5 Å². The van der Waals surface area contributed by atoms with Crippen LogP contribution in [0.2, 0.25) is 0 Å². The van der Waals surface area contributed by atoms with Crippen LogP contribution in [0.3, 0.4) is 0 Å². The van der Waals surface area contributed by atoms with Crippen LogP contribution in [-0.2, 0) is 19.6 Å². The van der Waals surface area contributed by atoms with Gasteiger partial charge in [0.05, 0.1) is 4.90 Å². The number of carbonyl (C=O) groups is 2. The molecule has 0 aliphatic carbocycles. The van der Waals surface area contributed by atoms with Gasteiger partial charge in [0.15, 0.2) is 12.4 Å². The van der Waals surface area contributed by atoms with Gasteiger partial charge in [0.25, 0.3) is 10.0 Å². The van der Waals surface area contributed by atoms with E-state index in [0.717, 1.165) is 20.6 Å². The lowest BCUT2D eigenvalue weighted by molar-refractivity contribution is -0.139. The molecule has 8 heteroatoms. The third-order valence-electron chi connectivity index (χ3n) is 6.14. The van der Waals surface area contributed by atoms with Crippen LogP contribution in [0, 0.1) is 6.92 Å². The molecule has 4 aromatic rings. The lowest BCUT2D eigenvalue weighted by Gasteiger charge is -2.30. The van der Waals surface area contributed by atoms with Crippen LogP contribution in [0.1, 0.15) is 21.5 Å². The fraction of sp³-hybridized carbons (Fsp3) is 0.103. The molecule has 0 atom stereocenters. The number of ketones is 1. The predicted molar refractivity (Wildman–Crippen MR) is 139 cm³/mol. The van der Waals surface area contributed by atoms with Crippen molar-refractivity contribution in [1.82, 2.24) is 4.31 Å². The van der Waals surface area contributed by atoms with E-state index in [2.05, 4.69) is 0 Å². The lowest BCUT2D eigenvalue weighted by atomic mass is 10.0. The van der Waals surface area contributed by atoms with E-state index in [0.29, 0.717) is 5.75 Å². The standard InChI is InChI=1S/C29H23NO6S/c1-19-14-16-21(17-15-19)28(32)27-29(23-11-5-6-13-25(23)37(33,34)30(27)2)36-26(31)18-35-24-12-7-9-20-8-3-4-10-22(20)24/h3-17H,18H2,1-2H3. The van der Waals surface area contributed by atoms with Gasteiger partial charge >= 0.3 is 5.97 Å². The number of sulfonamides is 1. The molecular formula is C29H23NO6S. The number of hydrogen-bond donors (Lipinski definition) is 0. The molecule has 0 aromatic heterocycles. The maximum absolute atomic E-state index is 13.6. The number of carbonyl (C=O) groups excluding carboxylic acids is 2. The molecular weight excluding hydrogens is 490 g/mol. The third-order valence-corrected chi connectivity index (χ3v) is 7.96. The van der Waals surface area contributed by atoms with E-state index < -0.39 is 28.4 Å². The fourth-order valence-electron chi connectivity index (χ4n) is 4.21. The quantitative estimate of drug-likeness (QED) is 0.268. The number of aryl methyl sites for hydroxylation is 1. The zero-order valence-electron chi connectivity index (χ0n) is 20.2. The van der Waals surface area contributed by atoms with Crippen LogP contribution in [0.25, 0.3) is 16.5 Å². The van der Waals surface area contributed by atoms with Crippen molar-refractivity contribution in [3.8, 4) is 5.75 Å². The summed E-state index contributed by atoms with van der Waals surface area (Å²) in [5.74, 6) is -0.994. The van der Waals surface area contributed by atoms with E-state index in [1.807, 2.05) is 43.3 Å². The second-order valence-electron chi connectivity index (χ2n) is 8.58. The van der Waals surface area contributed by atoms with Crippen LogP contribution in [-0.4, -0.2) is 38.1 Å². The van der Waals surface area contributed by atoms with Crippen molar-refractivity contribution in [3.63, 3.8) is 0 Å². The highest BCUT2D eigenvalue weighted by Gasteiger charge is 2.39. The fourth-order valence-corrected chi connectivity index (χ4v) is 5.60. The van der Waals surface area contributed by atoms with Gasteiger partial charge in [-0.15, -0.1) is 0 Å². The van der Waals surface area contributed by atoms with Crippen molar-refractivity contribution in [2.75, 3.05) is 13.7 Å². The molecule has 0 amide bonds. The van der Waals surface area contributed by atoms with Crippen molar-refractivity contribution in [2.45, 2.75) is 11.8 Å². The summed E-state index contributed by atoms with van der Waals surface area (Å²) in [6, 6.07) is 25.9. The van der Waals surface area contributed by atoms with E-state index in [-0.39, 0.29) is 27.5 Å². The molecule has 0 saturated heterocycles. The Hall–Kier alpha value is -4.43. The zero-order valence-corrected chi connectivity index (χ0v) is 21.0. The molecule has 1 aliphatic rings. The van der Waals surface area contributed by atoms with Crippen LogP contribution < -0.4 is 4.74 Å². The number of benzene rings is 4. The lowest BCUT2D eigenvalue weighted by Crippen LogP contribution is -2.36. The minimum absolute atomic E-state index is 0.0595. The minimum Gasteiger partial charge on any atom is -0.481 e. The van der Waals surface area contributed by atoms with Crippen molar-refractivity contribution in [1.29, 1.82) is 0 Å². The Morgan fingerprint density at radius 3 is 2.30 bits per heavy atom. The number of ether oxygens (including phenoxy) is 2.